The number of nitrogens with one attached hydrogen (secondary N) is 2. The number of carboxylic acid groups (broad SMARTS) is 1. The molecule has 0 saturated heterocycles. The molecule has 45 heavy (non-hydrogen) atoms. The summed E-state index contributed by atoms with van der Waals surface area (Å²) in [6, 6.07) is 15.3. The quantitative estimate of drug-likeness (QED) is 0.249. The van der Waals surface area contributed by atoms with E-state index in [2.05, 4.69) is 10.6 Å². The Labute approximate surface area is 260 Å². The number of anilines is 3. The number of hydrogen-bond donors (Lipinski definition) is 3. The number of likely N-dealkylation sites (N-methyl/N-ethyl adjacent to an activating group) is 1. The lowest BCUT2D eigenvalue weighted by Gasteiger charge is -2.31. The van der Waals surface area contributed by atoms with Crippen LogP contribution in [0, 0.1) is 17.6 Å². The van der Waals surface area contributed by atoms with Crippen LogP contribution in [-0.4, -0.2) is 55.7 Å². The summed E-state index contributed by atoms with van der Waals surface area (Å²) >= 11 is 0. The van der Waals surface area contributed by atoms with E-state index in [4.69, 9.17) is 9.84 Å². The number of carbonyl (C=O) groups is 4. The predicted molar refractivity (Wildman–Crippen MR) is 165 cm³/mol. The fraction of sp³-hybridized carbons (Fsp3) is 0.333. The summed E-state index contributed by atoms with van der Waals surface area (Å²) in [5, 5.41) is 14.2. The van der Waals surface area contributed by atoms with Crippen LogP contribution >= 0.6 is 0 Å². The highest BCUT2D eigenvalue weighted by atomic mass is 19.1. The Morgan fingerprint density at radius 3 is 2.33 bits per heavy atom. The topological polar surface area (TPSA) is 128 Å². The van der Waals surface area contributed by atoms with E-state index in [1.54, 1.807) is 53.4 Å². The van der Waals surface area contributed by atoms with Crippen LogP contribution in [0.15, 0.2) is 66.7 Å². The van der Waals surface area contributed by atoms with Crippen LogP contribution < -0.4 is 25.2 Å². The largest absolute Gasteiger partial charge is 0.482 e. The van der Waals surface area contributed by atoms with Gasteiger partial charge in [0.25, 0.3) is 5.91 Å². The number of amides is 4. The number of carboxylic acids is 1. The van der Waals surface area contributed by atoms with E-state index in [-0.39, 0.29) is 30.3 Å². The van der Waals surface area contributed by atoms with Gasteiger partial charge in [0.05, 0.1) is 18.7 Å². The van der Waals surface area contributed by atoms with Gasteiger partial charge in [-0.25, -0.2) is 13.6 Å². The SMILES string of the molecule is CN(C(=O)COc1ccccc1N(CC1CCCCC1)C(=O)CNC(=O)Nc1cccc(CC(=O)O)c1)c1cc(F)cc(F)c1. The lowest BCUT2D eigenvalue weighted by atomic mass is 9.89. The first-order valence-corrected chi connectivity index (χ1v) is 14.7. The number of benzene rings is 3. The number of carbonyl (C=O) groups excluding carboxylic acids is 3. The van der Waals surface area contributed by atoms with Gasteiger partial charge in [0.1, 0.15) is 17.4 Å². The maximum atomic E-state index is 13.7. The number of rotatable bonds is 12. The molecule has 1 aliphatic carbocycles. The van der Waals surface area contributed by atoms with Crippen LogP contribution in [0.5, 0.6) is 5.75 Å². The monoisotopic (exact) mass is 622 g/mol. The molecule has 4 amide bonds. The Morgan fingerprint density at radius 2 is 1.62 bits per heavy atom. The minimum Gasteiger partial charge on any atom is -0.482 e. The van der Waals surface area contributed by atoms with E-state index in [1.165, 1.54) is 7.05 Å². The summed E-state index contributed by atoms with van der Waals surface area (Å²) in [6.45, 7) is -0.413. The van der Waals surface area contributed by atoms with Gasteiger partial charge in [0.2, 0.25) is 5.91 Å². The fourth-order valence-electron chi connectivity index (χ4n) is 5.24. The Hall–Kier alpha value is -5.00. The van der Waals surface area contributed by atoms with Gasteiger partial charge in [-0.1, -0.05) is 43.5 Å². The first kappa shape index (κ1) is 32.9. The van der Waals surface area contributed by atoms with Gasteiger partial charge in [0.15, 0.2) is 6.61 Å². The van der Waals surface area contributed by atoms with Crippen LogP contribution in [0.2, 0.25) is 0 Å². The zero-order chi connectivity index (χ0) is 32.3. The highest BCUT2D eigenvalue weighted by Gasteiger charge is 2.25. The molecule has 0 bridgehead atoms. The van der Waals surface area contributed by atoms with Crippen molar-refractivity contribution in [2.75, 3.05) is 41.9 Å². The standard InChI is InChI=1S/C33H36F2N4O6/c1-38(27-17-24(34)16-25(35)18-27)31(41)21-45-29-13-6-5-12-28(29)39(20-22-8-3-2-4-9-22)30(40)19-36-33(44)37-26-11-7-10-23(14-26)15-32(42)43/h5-7,10-14,16-18,22H,2-4,8-9,15,19-21H2,1H3,(H,42,43)(H2,36,37,44). The van der Waals surface area contributed by atoms with Crippen LogP contribution in [0.1, 0.15) is 37.7 Å². The van der Waals surface area contributed by atoms with E-state index in [0.29, 0.717) is 29.5 Å². The van der Waals surface area contributed by atoms with Crippen LogP contribution in [0.4, 0.5) is 30.6 Å². The molecule has 3 aromatic rings. The third-order valence-corrected chi connectivity index (χ3v) is 7.52. The predicted octanol–water partition coefficient (Wildman–Crippen LogP) is 5.37. The summed E-state index contributed by atoms with van der Waals surface area (Å²) in [7, 11) is 1.38. The normalized spacial score (nSPS) is 13.0. The number of halogens is 2. The highest BCUT2D eigenvalue weighted by molar-refractivity contribution is 5.99. The third-order valence-electron chi connectivity index (χ3n) is 7.52. The molecule has 1 saturated carbocycles. The maximum Gasteiger partial charge on any atom is 0.319 e. The Morgan fingerprint density at radius 1 is 0.911 bits per heavy atom. The second-order valence-corrected chi connectivity index (χ2v) is 10.9. The van der Waals surface area contributed by atoms with Gasteiger partial charge in [-0.05, 0) is 60.7 Å². The van der Waals surface area contributed by atoms with Crippen molar-refractivity contribution < 1.29 is 37.8 Å². The maximum absolute atomic E-state index is 13.7. The number of para-hydroxylation sites is 2. The molecule has 4 rings (SSSR count). The fourth-order valence-corrected chi connectivity index (χ4v) is 5.24. The molecular formula is C33H36F2N4O6. The van der Waals surface area contributed by atoms with Crippen molar-refractivity contribution >= 4 is 40.9 Å². The second kappa shape index (κ2) is 15.6. The van der Waals surface area contributed by atoms with Gasteiger partial charge in [-0.3, -0.25) is 14.4 Å². The average molecular weight is 623 g/mol. The minimum absolute atomic E-state index is 0.0291. The smallest absolute Gasteiger partial charge is 0.319 e. The average Bonchev–Trinajstić information content (AvgIpc) is 3.01. The van der Waals surface area contributed by atoms with E-state index >= 15 is 0 Å². The van der Waals surface area contributed by atoms with Crippen LogP contribution in [0.25, 0.3) is 0 Å². The summed E-state index contributed by atoms with van der Waals surface area (Å²) < 4.78 is 33.2. The molecule has 0 unspecified atom stereocenters. The number of ether oxygens (including phenoxy) is 1. The molecule has 0 aliphatic heterocycles. The van der Waals surface area contributed by atoms with Crippen molar-refractivity contribution in [1.29, 1.82) is 0 Å². The lowest BCUT2D eigenvalue weighted by Crippen LogP contribution is -2.44. The van der Waals surface area contributed by atoms with Crippen molar-refractivity contribution in [2.45, 2.75) is 38.5 Å². The molecule has 0 aromatic heterocycles. The van der Waals surface area contributed by atoms with Crippen molar-refractivity contribution in [1.82, 2.24) is 5.32 Å². The number of urea groups is 1. The van der Waals surface area contributed by atoms with Crippen molar-refractivity contribution in [3.05, 3.63) is 83.9 Å². The number of aliphatic carboxylic acids is 1. The van der Waals surface area contributed by atoms with Crippen molar-refractivity contribution in [3.63, 3.8) is 0 Å². The van der Waals surface area contributed by atoms with Crippen LogP contribution in [-0.2, 0) is 20.8 Å². The molecule has 1 fully saturated rings. The van der Waals surface area contributed by atoms with Gasteiger partial charge < -0.3 is 30.3 Å². The molecule has 238 valence electrons. The van der Waals surface area contributed by atoms with E-state index in [0.717, 1.165) is 49.1 Å². The molecule has 0 radical (unpaired) electrons. The molecule has 0 heterocycles. The van der Waals surface area contributed by atoms with Gasteiger partial charge in [-0.2, -0.15) is 0 Å². The van der Waals surface area contributed by atoms with Crippen molar-refractivity contribution in [3.8, 4) is 5.75 Å². The van der Waals surface area contributed by atoms with E-state index < -0.39 is 42.1 Å². The Kier molecular flexibility index (Phi) is 11.4. The van der Waals surface area contributed by atoms with Gasteiger partial charge >= 0.3 is 12.0 Å². The Bertz CT molecular complexity index is 1510. The van der Waals surface area contributed by atoms with Crippen molar-refractivity contribution in [2.24, 2.45) is 5.92 Å². The van der Waals surface area contributed by atoms with E-state index in [1.807, 2.05) is 0 Å². The first-order valence-electron chi connectivity index (χ1n) is 14.7. The third kappa shape index (κ3) is 9.75. The number of nitrogens with zero attached hydrogens (tertiary/aromatic N) is 2. The number of hydrogen-bond acceptors (Lipinski definition) is 5. The molecule has 3 N–H and O–H groups in total. The summed E-state index contributed by atoms with van der Waals surface area (Å²) in [6.07, 6.45) is 4.92. The summed E-state index contributed by atoms with van der Waals surface area (Å²) in [4.78, 5) is 52.8. The highest BCUT2D eigenvalue weighted by Crippen LogP contribution is 2.32. The first-order chi connectivity index (χ1) is 21.6. The van der Waals surface area contributed by atoms with Gasteiger partial charge in [0, 0.05) is 31.0 Å². The minimum atomic E-state index is -0.997. The summed E-state index contributed by atoms with van der Waals surface area (Å²) in [5.74, 6) is -3.10. The molecule has 10 nitrogen and oxygen atoms in total. The zero-order valence-electron chi connectivity index (χ0n) is 24.9. The molecule has 0 atom stereocenters. The lowest BCUT2D eigenvalue weighted by molar-refractivity contribution is -0.136. The molecule has 0 spiro atoms. The zero-order valence-corrected chi connectivity index (χ0v) is 24.9. The summed E-state index contributed by atoms with van der Waals surface area (Å²) in [5.41, 5.74) is 1.34. The molecular weight excluding hydrogens is 586 g/mol. The molecule has 1 aliphatic rings. The molecule has 12 heteroatoms. The molecule has 3 aromatic carbocycles. The Balaban J connectivity index is 1.45. The van der Waals surface area contributed by atoms with Gasteiger partial charge in [-0.15, -0.1) is 0 Å². The second-order valence-electron chi connectivity index (χ2n) is 10.9. The van der Waals surface area contributed by atoms with Crippen LogP contribution in [0.3, 0.4) is 0 Å². The van der Waals surface area contributed by atoms with E-state index in [9.17, 15) is 28.0 Å².